The van der Waals surface area contributed by atoms with Crippen molar-refractivity contribution in [3.05, 3.63) is 293 Å². The van der Waals surface area contributed by atoms with Gasteiger partial charge in [-0.05, 0) is 321 Å². The van der Waals surface area contributed by atoms with E-state index in [4.69, 9.17) is 0 Å². The molecule has 0 heterocycles. The molecule has 0 spiro atoms. The van der Waals surface area contributed by atoms with Crippen LogP contribution in [-0.2, 0) is 43.3 Å². The molecule has 0 saturated heterocycles. The monoisotopic (exact) mass is 1840 g/mol. The van der Waals surface area contributed by atoms with Crippen molar-refractivity contribution in [1.29, 1.82) is 0 Å². The summed E-state index contributed by atoms with van der Waals surface area (Å²) in [6.07, 6.45) is 41.9. The van der Waals surface area contributed by atoms with E-state index in [-0.39, 0.29) is 43.6 Å². The number of fused-ring (bicyclic) bond motifs is 14. The molecule has 2 nitrogen and oxygen atoms in total. The lowest BCUT2D eigenvalue weighted by atomic mass is 9.64. The van der Waals surface area contributed by atoms with E-state index in [1.165, 1.54) is 248 Å². The first kappa shape index (κ1) is 99.6. The van der Waals surface area contributed by atoms with Crippen LogP contribution in [0, 0.1) is 55.3 Å². The number of allylic oxidation sites excluding steroid dienone is 8. The fraction of sp³-hybridized carbons (Fsp3) is 0.573. The highest BCUT2D eigenvalue weighted by atomic mass is 28.3. The number of aryl methyl sites for hydroxylation is 2. The van der Waals surface area contributed by atoms with E-state index < -0.39 is 27.3 Å². The van der Waals surface area contributed by atoms with Gasteiger partial charge in [-0.1, -0.05) is 441 Å². The first-order valence-electron chi connectivity index (χ1n) is 55.1. The highest BCUT2D eigenvalue weighted by Gasteiger charge is 2.62. The molecule has 0 amide bonds. The van der Waals surface area contributed by atoms with Crippen LogP contribution in [0.2, 0.25) is 37.3 Å². The van der Waals surface area contributed by atoms with Crippen molar-refractivity contribution in [2.75, 3.05) is 0 Å². The maximum Gasteiger partial charge on any atom is 0.127 e. The van der Waals surface area contributed by atoms with Crippen LogP contribution >= 0.6 is 0 Å². The fourth-order valence-electron chi connectivity index (χ4n) is 31.4. The van der Waals surface area contributed by atoms with Crippen LogP contribution in [0.4, 0.5) is 0 Å². The molecule has 722 valence electrons. The molecule has 10 aliphatic carbocycles. The molecule has 9 atom stereocenters. The van der Waals surface area contributed by atoms with Crippen molar-refractivity contribution >= 4 is 27.6 Å². The van der Waals surface area contributed by atoms with Gasteiger partial charge in [-0.2, -0.15) is 0 Å². The maximum atomic E-state index is 3.19. The lowest BCUT2D eigenvalue weighted by Crippen LogP contribution is -2.65. The Morgan fingerprint density at radius 1 is 0.319 bits per heavy atom. The van der Waals surface area contributed by atoms with Crippen LogP contribution in [0.15, 0.2) is 193 Å². The zero-order valence-electron chi connectivity index (χ0n) is 90.8. The fourth-order valence-corrected chi connectivity index (χ4v) is 43.6. The van der Waals surface area contributed by atoms with Gasteiger partial charge in [-0.25, -0.2) is 0 Å². The molecule has 4 fully saturated rings. The van der Waals surface area contributed by atoms with Crippen molar-refractivity contribution in [2.45, 2.75) is 438 Å². The molecule has 8 aromatic rings. The van der Waals surface area contributed by atoms with Gasteiger partial charge >= 0.3 is 0 Å². The van der Waals surface area contributed by atoms with E-state index >= 15 is 0 Å². The van der Waals surface area contributed by atoms with E-state index in [0.29, 0.717) is 41.0 Å². The standard InChI is InChI=1S/C66H91NSi.C65H89NSi/c1-17-19-36-65(37-20-18-2)57-40-49(66(46-28-26-43(3)27-29-46)59-38-47(62(6,7)8)30-33-51(59)52-34-31-48(39-60(52)66)63(9,10)11)32-35-53(57)55-41-56-54(42-58(55)65)44(4)45(5)61(56)68(15,16)67(64(12,13)14)50-24-22-21-23-25-50;1-16-18-35-64(36-19-17-2)56-38-45-37-44(4)60(67(14,15)66(63(11,12)13)50-23-21-20-22-24-50)54(45)42-55(56)53-34-31-49(41-57(53)64)65(46-27-25-43(3)26-28-46)58-39-47(61(5,6)7)29-32-51(58)52-33-30-48(40-59(52)65)62(8,9)10/h26-35,38-42,44-45,50,54,56,61H,17-25,36-37H2,1-16H3;25-34,38-42,44-45,50,54,60H,16-24,35-37H2,1-15H3. The number of hydrogen-bond acceptors (Lipinski definition) is 2. The highest BCUT2D eigenvalue weighted by Crippen LogP contribution is 2.70. The number of rotatable bonds is 22. The lowest BCUT2D eigenvalue weighted by Gasteiger charge is -2.56. The van der Waals surface area contributed by atoms with Gasteiger partial charge in [0.15, 0.2) is 0 Å². The Kier molecular flexibility index (Phi) is 27.0. The van der Waals surface area contributed by atoms with Crippen LogP contribution in [0.3, 0.4) is 0 Å². The van der Waals surface area contributed by atoms with E-state index in [1.54, 1.807) is 44.5 Å². The first-order valence-corrected chi connectivity index (χ1v) is 61.2. The Balaban J connectivity index is 0.000000188. The van der Waals surface area contributed by atoms with Gasteiger partial charge in [0.05, 0.1) is 10.8 Å². The Bertz CT molecular complexity index is 5680. The molecule has 0 radical (unpaired) electrons. The van der Waals surface area contributed by atoms with Crippen LogP contribution in [0.5, 0.6) is 0 Å². The second kappa shape index (κ2) is 36.6. The highest BCUT2D eigenvalue weighted by molar-refractivity contribution is 6.77. The molecular weight excluding hydrogens is 1660 g/mol. The molecule has 0 N–H and O–H groups in total. The molecule has 4 heteroatoms. The SMILES string of the molecule is CCCCC1(CCCC)C2=CC3C(C)C(C)C([Si](C)(C)N(C4CCCCC4)C(C)(C)C)C3C=C2c2ccc(C3(c4ccc(C)cc4)c4cc(C(C)(C)C)ccc4-c4ccc(C(C)(C)C)cc43)cc21.CCCCC1(CCCC)C2=CC3CC(C)C([Si](C)(C)N(C4CCCCC4)C(C)(C)C)C3C=C2c2ccc(C3(c4ccc(C)cc4)c4cc(C(C)(C)C)ccc4-c4ccc(C(C)(C)C)cc43)cc21. The van der Waals surface area contributed by atoms with Gasteiger partial charge in [0.2, 0.25) is 0 Å². The number of nitrogens with zero attached hydrogens (tertiary/aromatic N) is 2. The quantitative estimate of drug-likeness (QED) is 0.0624. The van der Waals surface area contributed by atoms with Crippen molar-refractivity contribution < 1.29 is 0 Å². The third-order valence-corrected chi connectivity index (χ3v) is 47.0. The van der Waals surface area contributed by atoms with Crippen molar-refractivity contribution in [3.8, 4) is 22.3 Å². The minimum Gasteiger partial charge on any atom is -0.316 e. The second-order valence-electron chi connectivity index (χ2n) is 53.0. The lowest BCUT2D eigenvalue weighted by molar-refractivity contribution is 0.138. The Morgan fingerprint density at radius 2 is 0.630 bits per heavy atom. The van der Waals surface area contributed by atoms with Gasteiger partial charge in [0.1, 0.15) is 16.5 Å². The van der Waals surface area contributed by atoms with Crippen LogP contribution in [0.1, 0.15) is 421 Å². The Labute approximate surface area is 826 Å². The minimum atomic E-state index is -1.97. The third-order valence-electron chi connectivity index (χ3n) is 37.3. The molecular formula is C131H180N2Si2. The topological polar surface area (TPSA) is 6.48 Å². The summed E-state index contributed by atoms with van der Waals surface area (Å²) in [5.41, 5.74) is 39.2. The van der Waals surface area contributed by atoms with Gasteiger partial charge in [0, 0.05) is 34.0 Å². The molecule has 0 aromatic heterocycles. The van der Waals surface area contributed by atoms with Crippen molar-refractivity contribution in [2.24, 2.45) is 41.4 Å². The summed E-state index contributed by atoms with van der Waals surface area (Å²) in [5, 5.41) is 0. The molecule has 135 heavy (non-hydrogen) atoms. The van der Waals surface area contributed by atoms with Crippen LogP contribution < -0.4 is 0 Å². The normalized spacial score (nSPS) is 23.8. The summed E-state index contributed by atoms with van der Waals surface area (Å²) in [4.78, 5) is 0. The average molecular weight is 1840 g/mol. The van der Waals surface area contributed by atoms with Gasteiger partial charge in [0.25, 0.3) is 0 Å². The predicted octanol–water partition coefficient (Wildman–Crippen LogP) is 36.6. The molecule has 0 bridgehead atoms. The summed E-state index contributed by atoms with van der Waals surface area (Å²) in [6.45, 7) is 77.3. The van der Waals surface area contributed by atoms with E-state index in [1.807, 2.05) is 0 Å². The summed E-state index contributed by atoms with van der Waals surface area (Å²) >= 11 is 0. The predicted molar refractivity (Wildman–Crippen MR) is 591 cm³/mol. The zero-order valence-corrected chi connectivity index (χ0v) is 92.8. The largest absolute Gasteiger partial charge is 0.316 e. The van der Waals surface area contributed by atoms with Gasteiger partial charge in [-0.3, -0.25) is 0 Å². The third kappa shape index (κ3) is 16.9. The summed E-state index contributed by atoms with van der Waals surface area (Å²) in [7, 11) is -3.90. The average Bonchev–Trinajstić information content (AvgIpc) is 1.53. The molecule has 8 aromatic carbocycles. The van der Waals surface area contributed by atoms with E-state index in [2.05, 4.69) is 404 Å². The van der Waals surface area contributed by atoms with Gasteiger partial charge in [-0.15, -0.1) is 0 Å². The number of benzene rings is 8. The van der Waals surface area contributed by atoms with E-state index in [9.17, 15) is 0 Å². The number of unbranched alkanes of at least 4 members (excludes halogenated alkanes) is 4. The molecule has 9 unspecified atom stereocenters. The molecule has 10 aliphatic rings. The van der Waals surface area contributed by atoms with Crippen molar-refractivity contribution in [3.63, 3.8) is 0 Å². The van der Waals surface area contributed by atoms with Crippen molar-refractivity contribution in [1.82, 2.24) is 9.13 Å². The number of hydrogen-bond donors (Lipinski definition) is 0. The summed E-state index contributed by atoms with van der Waals surface area (Å²) < 4.78 is 6.37. The molecule has 18 rings (SSSR count). The minimum absolute atomic E-state index is 0.000939. The Hall–Kier alpha value is -6.93. The van der Waals surface area contributed by atoms with Crippen LogP contribution in [-0.4, -0.2) is 48.8 Å². The molecule has 4 saturated carbocycles. The molecule has 0 aliphatic heterocycles. The Morgan fingerprint density at radius 3 is 0.956 bits per heavy atom. The smallest absolute Gasteiger partial charge is 0.127 e. The second-order valence-corrected chi connectivity index (χ2v) is 62.0. The van der Waals surface area contributed by atoms with Gasteiger partial charge < -0.3 is 9.13 Å². The zero-order chi connectivity index (χ0) is 97.0. The summed E-state index contributed by atoms with van der Waals surface area (Å²) in [5.74, 6) is 4.47. The van der Waals surface area contributed by atoms with Crippen LogP contribution in [0.25, 0.3) is 33.4 Å². The van der Waals surface area contributed by atoms with E-state index in [0.717, 1.165) is 23.5 Å². The summed E-state index contributed by atoms with van der Waals surface area (Å²) in [6, 6.07) is 67.1. The maximum absolute atomic E-state index is 3.19. The first-order chi connectivity index (χ1) is 63.6.